The monoisotopic (exact) mass is 241 g/mol. The molecule has 0 saturated heterocycles. The van der Waals surface area contributed by atoms with Crippen LogP contribution in [0.5, 0.6) is 0 Å². The zero-order valence-electron chi connectivity index (χ0n) is 9.46. The van der Waals surface area contributed by atoms with E-state index >= 15 is 0 Å². The van der Waals surface area contributed by atoms with Gasteiger partial charge in [-0.05, 0) is 30.5 Å². The van der Waals surface area contributed by atoms with Crippen molar-refractivity contribution in [2.45, 2.75) is 13.8 Å². The number of aryl methyl sites for hydroxylation is 1. The number of rotatable bonds is 4. The summed E-state index contributed by atoms with van der Waals surface area (Å²) >= 11 is 5.93. The van der Waals surface area contributed by atoms with Crippen LogP contribution in [0.15, 0.2) is 18.2 Å². The Balaban J connectivity index is 2.63. The molecule has 0 spiro atoms. The summed E-state index contributed by atoms with van der Waals surface area (Å²) in [5, 5.41) is 12.2. The van der Waals surface area contributed by atoms with Gasteiger partial charge in [-0.15, -0.1) is 0 Å². The molecule has 0 bridgehead atoms. The van der Waals surface area contributed by atoms with Crippen LogP contribution in [-0.4, -0.2) is 24.2 Å². The second-order valence-electron chi connectivity index (χ2n) is 3.96. The van der Waals surface area contributed by atoms with Crippen molar-refractivity contribution in [3.8, 4) is 0 Å². The van der Waals surface area contributed by atoms with Crippen molar-refractivity contribution >= 4 is 17.5 Å². The number of carbonyl (C=O) groups is 1. The average Bonchev–Trinajstić information content (AvgIpc) is 2.29. The van der Waals surface area contributed by atoms with Crippen LogP contribution in [0, 0.1) is 12.8 Å². The molecule has 0 heterocycles. The summed E-state index contributed by atoms with van der Waals surface area (Å²) < 4.78 is 0. The van der Waals surface area contributed by atoms with Gasteiger partial charge in [-0.2, -0.15) is 0 Å². The van der Waals surface area contributed by atoms with Crippen molar-refractivity contribution in [1.82, 2.24) is 5.32 Å². The molecule has 0 saturated carbocycles. The van der Waals surface area contributed by atoms with Crippen LogP contribution >= 0.6 is 11.6 Å². The number of aliphatic hydroxyl groups is 1. The van der Waals surface area contributed by atoms with Crippen molar-refractivity contribution in [3.63, 3.8) is 0 Å². The molecule has 4 heteroatoms. The van der Waals surface area contributed by atoms with Crippen molar-refractivity contribution < 1.29 is 9.90 Å². The molecule has 1 aromatic rings. The quantitative estimate of drug-likeness (QED) is 0.847. The van der Waals surface area contributed by atoms with Gasteiger partial charge in [-0.1, -0.05) is 24.6 Å². The van der Waals surface area contributed by atoms with Gasteiger partial charge in [0.15, 0.2) is 0 Å². The summed E-state index contributed by atoms with van der Waals surface area (Å²) in [6.07, 6.45) is 0. The lowest BCUT2D eigenvalue weighted by molar-refractivity contribution is 0.0942. The number of aliphatic hydroxyl groups excluding tert-OH is 1. The van der Waals surface area contributed by atoms with Crippen molar-refractivity contribution in [3.05, 3.63) is 34.3 Å². The van der Waals surface area contributed by atoms with Crippen LogP contribution in [0.25, 0.3) is 0 Å². The van der Waals surface area contributed by atoms with E-state index < -0.39 is 0 Å². The van der Waals surface area contributed by atoms with Crippen LogP contribution in [0.3, 0.4) is 0 Å². The van der Waals surface area contributed by atoms with Crippen LogP contribution in [0.1, 0.15) is 22.8 Å². The normalized spacial score (nSPS) is 12.2. The Labute approximate surface area is 100 Å². The Morgan fingerprint density at radius 2 is 2.25 bits per heavy atom. The Kier molecular flexibility index (Phi) is 4.77. The molecule has 1 atom stereocenters. The van der Waals surface area contributed by atoms with E-state index in [-0.39, 0.29) is 18.4 Å². The van der Waals surface area contributed by atoms with Crippen LogP contribution in [-0.2, 0) is 0 Å². The minimum absolute atomic E-state index is 0.0601. The number of hydrogen-bond donors (Lipinski definition) is 2. The third-order valence-electron chi connectivity index (χ3n) is 2.36. The Bertz CT molecular complexity index is 379. The molecule has 3 nitrogen and oxygen atoms in total. The van der Waals surface area contributed by atoms with Crippen LogP contribution < -0.4 is 5.32 Å². The zero-order chi connectivity index (χ0) is 12.1. The van der Waals surface area contributed by atoms with Gasteiger partial charge in [0.2, 0.25) is 0 Å². The maximum atomic E-state index is 11.7. The highest BCUT2D eigenvalue weighted by Gasteiger charge is 2.08. The maximum absolute atomic E-state index is 11.7. The standard InChI is InChI=1S/C12H16ClNO2/c1-8(7-15)6-14-12(16)10-4-3-9(2)11(13)5-10/h3-5,8,15H,6-7H2,1-2H3,(H,14,16). The fourth-order valence-corrected chi connectivity index (χ4v) is 1.35. The Hall–Kier alpha value is -1.06. The molecule has 0 aliphatic carbocycles. The second-order valence-corrected chi connectivity index (χ2v) is 4.37. The molecule has 0 fully saturated rings. The third-order valence-corrected chi connectivity index (χ3v) is 2.76. The fourth-order valence-electron chi connectivity index (χ4n) is 1.17. The molecule has 0 aliphatic heterocycles. The topological polar surface area (TPSA) is 49.3 Å². The highest BCUT2D eigenvalue weighted by Crippen LogP contribution is 2.16. The lowest BCUT2D eigenvalue weighted by Gasteiger charge is -2.10. The van der Waals surface area contributed by atoms with E-state index in [0.717, 1.165) is 5.56 Å². The van der Waals surface area contributed by atoms with Crippen molar-refractivity contribution in [1.29, 1.82) is 0 Å². The van der Waals surface area contributed by atoms with E-state index in [4.69, 9.17) is 16.7 Å². The van der Waals surface area contributed by atoms with E-state index in [1.165, 1.54) is 0 Å². The van der Waals surface area contributed by atoms with Gasteiger partial charge in [0.05, 0.1) is 0 Å². The highest BCUT2D eigenvalue weighted by molar-refractivity contribution is 6.31. The summed E-state index contributed by atoms with van der Waals surface area (Å²) in [5.41, 5.74) is 1.49. The molecule has 16 heavy (non-hydrogen) atoms. The number of carbonyl (C=O) groups excluding carboxylic acids is 1. The first-order chi connectivity index (χ1) is 7.54. The van der Waals surface area contributed by atoms with E-state index in [2.05, 4.69) is 5.32 Å². The molecule has 1 unspecified atom stereocenters. The van der Waals surface area contributed by atoms with Gasteiger partial charge in [0.25, 0.3) is 5.91 Å². The number of halogens is 1. The summed E-state index contributed by atoms with van der Waals surface area (Å²) in [4.78, 5) is 11.7. The molecular formula is C12H16ClNO2. The molecule has 0 aromatic heterocycles. The maximum Gasteiger partial charge on any atom is 0.251 e. The first-order valence-corrected chi connectivity index (χ1v) is 5.57. The highest BCUT2D eigenvalue weighted by atomic mass is 35.5. The predicted octanol–water partition coefficient (Wildman–Crippen LogP) is 2.01. The molecule has 1 rings (SSSR count). The average molecular weight is 242 g/mol. The summed E-state index contributed by atoms with van der Waals surface area (Å²) in [7, 11) is 0. The molecule has 0 aliphatic rings. The summed E-state index contributed by atoms with van der Waals surface area (Å²) in [6, 6.07) is 5.20. The van der Waals surface area contributed by atoms with Gasteiger partial charge < -0.3 is 10.4 Å². The van der Waals surface area contributed by atoms with Crippen LogP contribution in [0.4, 0.5) is 0 Å². The molecule has 1 aromatic carbocycles. The largest absolute Gasteiger partial charge is 0.396 e. The first kappa shape index (κ1) is 13.0. The third kappa shape index (κ3) is 3.51. The van der Waals surface area contributed by atoms with E-state index in [1.54, 1.807) is 12.1 Å². The lowest BCUT2D eigenvalue weighted by atomic mass is 10.1. The number of nitrogens with one attached hydrogen (secondary N) is 1. The molecule has 0 radical (unpaired) electrons. The van der Waals surface area contributed by atoms with E-state index in [0.29, 0.717) is 17.1 Å². The molecule has 88 valence electrons. The number of benzene rings is 1. The zero-order valence-corrected chi connectivity index (χ0v) is 10.2. The van der Waals surface area contributed by atoms with Gasteiger partial charge in [0.1, 0.15) is 0 Å². The van der Waals surface area contributed by atoms with E-state index in [9.17, 15) is 4.79 Å². The van der Waals surface area contributed by atoms with Gasteiger partial charge in [-0.25, -0.2) is 0 Å². The van der Waals surface area contributed by atoms with Crippen molar-refractivity contribution in [2.24, 2.45) is 5.92 Å². The number of amides is 1. The minimum atomic E-state index is -0.165. The van der Waals surface area contributed by atoms with Gasteiger partial charge >= 0.3 is 0 Å². The fraction of sp³-hybridized carbons (Fsp3) is 0.417. The summed E-state index contributed by atoms with van der Waals surface area (Å²) in [6.45, 7) is 4.27. The molecular weight excluding hydrogens is 226 g/mol. The first-order valence-electron chi connectivity index (χ1n) is 5.19. The van der Waals surface area contributed by atoms with Crippen molar-refractivity contribution in [2.75, 3.05) is 13.2 Å². The predicted molar refractivity (Wildman–Crippen MR) is 64.8 cm³/mol. The van der Waals surface area contributed by atoms with Gasteiger partial charge in [-0.3, -0.25) is 4.79 Å². The lowest BCUT2D eigenvalue weighted by Crippen LogP contribution is -2.29. The second kappa shape index (κ2) is 5.87. The van der Waals surface area contributed by atoms with Gasteiger partial charge in [0, 0.05) is 23.7 Å². The smallest absolute Gasteiger partial charge is 0.251 e. The summed E-state index contributed by atoms with van der Waals surface area (Å²) in [5.74, 6) is -0.105. The van der Waals surface area contributed by atoms with E-state index in [1.807, 2.05) is 19.9 Å². The molecule has 1 amide bonds. The Morgan fingerprint density at radius 1 is 1.56 bits per heavy atom. The van der Waals surface area contributed by atoms with Crippen LogP contribution in [0.2, 0.25) is 5.02 Å². The molecule has 2 N–H and O–H groups in total. The Morgan fingerprint density at radius 3 is 2.81 bits per heavy atom. The SMILES string of the molecule is Cc1ccc(C(=O)NCC(C)CO)cc1Cl. The minimum Gasteiger partial charge on any atom is -0.396 e. The number of hydrogen-bond acceptors (Lipinski definition) is 2.